The quantitative estimate of drug-likeness (QED) is 0.133. The Labute approximate surface area is 223 Å². The molecule has 0 bridgehead atoms. The number of esters is 1. The van der Waals surface area contributed by atoms with Crippen molar-refractivity contribution in [1.29, 1.82) is 0 Å². The van der Waals surface area contributed by atoms with E-state index in [0.717, 1.165) is 5.56 Å². The number of nitrogens with zero attached hydrogens (tertiary/aromatic N) is 2. The molecule has 0 aliphatic rings. The Hall–Kier alpha value is -4.60. The minimum absolute atomic E-state index is 0.0853. The van der Waals surface area contributed by atoms with E-state index in [-0.39, 0.29) is 36.1 Å². The van der Waals surface area contributed by atoms with Crippen LogP contribution in [0, 0.1) is 12.8 Å². The van der Waals surface area contributed by atoms with Crippen LogP contribution in [0.3, 0.4) is 0 Å². The predicted octanol–water partition coefficient (Wildman–Crippen LogP) is 5.48. The number of aryl methyl sites for hydroxylation is 1. The summed E-state index contributed by atoms with van der Waals surface area (Å²) >= 11 is 0. The monoisotopic (exact) mass is 536 g/mol. The number of ketones is 1. The first-order chi connectivity index (χ1) is 18.9. The molecule has 1 atom stereocenters. The Morgan fingerprint density at radius 1 is 1.00 bits per heavy atom. The molecule has 0 N–H and O–H groups in total. The summed E-state index contributed by atoms with van der Waals surface area (Å²) in [5.74, 6) is -1.88. The Kier molecular flexibility index (Phi) is 8.98. The third-order valence-corrected chi connectivity index (χ3v) is 5.80. The van der Waals surface area contributed by atoms with Gasteiger partial charge in [-0.2, -0.15) is 0 Å². The molecule has 0 saturated carbocycles. The molecular weight excluding hydrogens is 510 g/mol. The molecule has 39 heavy (non-hydrogen) atoms. The van der Waals surface area contributed by atoms with Crippen molar-refractivity contribution in [3.8, 4) is 23.0 Å². The number of carbonyl (C=O) groups excluding carboxylic acids is 2. The third kappa shape index (κ3) is 7.04. The normalized spacial score (nSPS) is 11.7. The molecule has 2 aromatic heterocycles. The molecule has 4 rings (SSSR count). The summed E-state index contributed by atoms with van der Waals surface area (Å²) in [6.07, 6.45) is 0.0323. The van der Waals surface area contributed by atoms with E-state index in [1.54, 1.807) is 31.2 Å². The summed E-state index contributed by atoms with van der Waals surface area (Å²) in [4.78, 5) is 34.1. The van der Waals surface area contributed by atoms with E-state index in [4.69, 9.17) is 18.6 Å². The number of methoxy groups -OCH3 is 1. The van der Waals surface area contributed by atoms with E-state index in [1.807, 2.05) is 30.3 Å². The van der Waals surface area contributed by atoms with E-state index in [0.29, 0.717) is 16.8 Å². The highest BCUT2D eigenvalue weighted by atomic mass is 19.3. The van der Waals surface area contributed by atoms with Gasteiger partial charge in [0.05, 0.1) is 12.8 Å². The average Bonchev–Trinajstić information content (AvgIpc) is 3.42. The maximum Gasteiger partial charge on any atom is 0.317 e. The fourth-order valence-corrected chi connectivity index (χ4v) is 3.84. The molecule has 0 amide bonds. The second-order valence-electron chi connectivity index (χ2n) is 8.59. The molecule has 4 aromatic rings. The largest absolute Gasteiger partial charge is 0.485 e. The fourth-order valence-electron chi connectivity index (χ4n) is 3.84. The Balaban J connectivity index is 1.55. The molecule has 8 nitrogen and oxygen atoms in total. The van der Waals surface area contributed by atoms with E-state index < -0.39 is 30.7 Å². The predicted molar refractivity (Wildman–Crippen MR) is 137 cm³/mol. The van der Waals surface area contributed by atoms with Gasteiger partial charge >= 0.3 is 5.97 Å². The summed E-state index contributed by atoms with van der Waals surface area (Å²) < 4.78 is 47.3. The van der Waals surface area contributed by atoms with Gasteiger partial charge in [0, 0.05) is 18.2 Å². The van der Waals surface area contributed by atoms with E-state index >= 15 is 0 Å². The number of halogens is 2. The average molecular weight is 537 g/mol. The summed E-state index contributed by atoms with van der Waals surface area (Å²) in [5, 5.41) is 0. The molecule has 2 heterocycles. The standard InChI is InChI=1S/C29H26F2N2O6/c1-18-7-6-12-32-26(18)27(34)22(29(35)36-2)14-21-16-39-28(33-21)20-10-11-23(24(13-20)38-17-25(30)31)37-15-19-8-4-3-5-9-19/h3-13,16,22,25H,14-15,17H2,1-2H3. The zero-order chi connectivity index (χ0) is 27.8. The van der Waals surface area contributed by atoms with Crippen molar-refractivity contribution < 1.29 is 37.0 Å². The number of alkyl halides is 2. The first-order valence-corrected chi connectivity index (χ1v) is 12.1. The fraction of sp³-hybridized carbons (Fsp3) is 0.241. The van der Waals surface area contributed by atoms with Crippen molar-refractivity contribution in [1.82, 2.24) is 9.97 Å². The molecule has 0 aliphatic carbocycles. The lowest BCUT2D eigenvalue weighted by molar-refractivity contribution is -0.143. The van der Waals surface area contributed by atoms with Crippen molar-refractivity contribution in [3.63, 3.8) is 0 Å². The SMILES string of the molecule is COC(=O)C(Cc1coc(-c2ccc(OCc3ccccc3)c(OCC(F)F)c2)n1)C(=O)c1ncccc1C. The van der Waals surface area contributed by atoms with Gasteiger partial charge in [-0.15, -0.1) is 0 Å². The van der Waals surface area contributed by atoms with Crippen molar-refractivity contribution in [2.75, 3.05) is 13.7 Å². The maximum atomic E-state index is 13.1. The minimum Gasteiger partial charge on any atom is -0.485 e. The number of rotatable bonds is 12. The van der Waals surface area contributed by atoms with Crippen LogP contribution in [-0.2, 0) is 22.6 Å². The third-order valence-electron chi connectivity index (χ3n) is 5.80. The van der Waals surface area contributed by atoms with Gasteiger partial charge in [0.15, 0.2) is 17.3 Å². The summed E-state index contributed by atoms with van der Waals surface area (Å²) in [7, 11) is 1.20. The number of pyridine rings is 1. The maximum absolute atomic E-state index is 13.1. The van der Waals surface area contributed by atoms with Gasteiger partial charge in [0.1, 0.15) is 31.1 Å². The van der Waals surface area contributed by atoms with Crippen LogP contribution in [-0.4, -0.2) is 41.9 Å². The molecule has 0 radical (unpaired) electrons. The van der Waals surface area contributed by atoms with Crippen molar-refractivity contribution in [2.45, 2.75) is 26.4 Å². The molecule has 0 aliphatic heterocycles. The summed E-state index contributed by atoms with van der Waals surface area (Å²) in [6.45, 7) is 1.12. The molecule has 0 saturated heterocycles. The zero-order valence-corrected chi connectivity index (χ0v) is 21.3. The van der Waals surface area contributed by atoms with Crippen LogP contribution < -0.4 is 9.47 Å². The molecule has 0 spiro atoms. The first-order valence-electron chi connectivity index (χ1n) is 12.1. The zero-order valence-electron chi connectivity index (χ0n) is 21.3. The van der Waals surface area contributed by atoms with Crippen LogP contribution in [0.2, 0.25) is 0 Å². The highest BCUT2D eigenvalue weighted by molar-refractivity contribution is 6.08. The van der Waals surface area contributed by atoms with Crippen LogP contribution in [0.1, 0.15) is 27.3 Å². The smallest absolute Gasteiger partial charge is 0.317 e. The topological polar surface area (TPSA) is 101 Å². The van der Waals surface area contributed by atoms with Gasteiger partial charge in [-0.25, -0.2) is 13.8 Å². The Morgan fingerprint density at radius 2 is 1.79 bits per heavy atom. The van der Waals surface area contributed by atoms with Crippen LogP contribution in [0.5, 0.6) is 11.5 Å². The highest BCUT2D eigenvalue weighted by Gasteiger charge is 2.31. The minimum atomic E-state index is -2.68. The number of hydrogen-bond donors (Lipinski definition) is 0. The van der Waals surface area contributed by atoms with Gasteiger partial charge in [-0.1, -0.05) is 36.4 Å². The van der Waals surface area contributed by atoms with Crippen LogP contribution >= 0.6 is 0 Å². The lowest BCUT2D eigenvalue weighted by atomic mass is 9.94. The number of benzene rings is 2. The summed E-state index contributed by atoms with van der Waals surface area (Å²) in [6, 6.07) is 17.5. The van der Waals surface area contributed by atoms with Gasteiger partial charge in [0.2, 0.25) is 5.89 Å². The molecule has 202 valence electrons. The van der Waals surface area contributed by atoms with Crippen molar-refractivity contribution in [3.05, 3.63) is 95.6 Å². The number of hydrogen-bond acceptors (Lipinski definition) is 8. The second-order valence-corrected chi connectivity index (χ2v) is 8.59. The van der Waals surface area contributed by atoms with E-state index in [2.05, 4.69) is 9.97 Å². The van der Waals surface area contributed by atoms with Crippen molar-refractivity contribution >= 4 is 11.8 Å². The number of Topliss-reactive ketones (excluding diaryl/α,β-unsaturated/α-hetero) is 1. The van der Waals surface area contributed by atoms with Gasteiger partial charge in [-0.3, -0.25) is 14.6 Å². The highest BCUT2D eigenvalue weighted by Crippen LogP contribution is 2.34. The first kappa shape index (κ1) is 27.4. The van der Waals surface area contributed by atoms with Crippen LogP contribution in [0.25, 0.3) is 11.5 Å². The molecule has 2 aromatic carbocycles. The Morgan fingerprint density at radius 3 is 2.51 bits per heavy atom. The van der Waals surface area contributed by atoms with Crippen LogP contribution in [0.4, 0.5) is 8.78 Å². The van der Waals surface area contributed by atoms with Gasteiger partial charge < -0.3 is 18.6 Å². The van der Waals surface area contributed by atoms with Crippen LogP contribution in [0.15, 0.2) is 77.5 Å². The molecular formula is C29H26F2N2O6. The number of carbonyl (C=O) groups is 2. The second kappa shape index (κ2) is 12.8. The lowest BCUT2D eigenvalue weighted by Crippen LogP contribution is -2.29. The number of oxazole rings is 1. The van der Waals surface area contributed by atoms with E-state index in [1.165, 1.54) is 25.6 Å². The summed E-state index contributed by atoms with van der Waals surface area (Å²) in [5.41, 5.74) is 2.45. The number of ether oxygens (including phenoxy) is 3. The molecule has 10 heteroatoms. The van der Waals surface area contributed by atoms with Crippen molar-refractivity contribution in [2.24, 2.45) is 5.92 Å². The van der Waals surface area contributed by atoms with Gasteiger partial charge in [-0.05, 0) is 42.3 Å². The van der Waals surface area contributed by atoms with E-state index in [9.17, 15) is 18.4 Å². The van der Waals surface area contributed by atoms with Gasteiger partial charge in [0.25, 0.3) is 6.43 Å². The molecule has 1 unspecified atom stereocenters. The molecule has 0 fully saturated rings. The Bertz CT molecular complexity index is 1420. The lowest BCUT2D eigenvalue weighted by Gasteiger charge is -2.14. The number of aromatic nitrogens is 2.